The van der Waals surface area contributed by atoms with Crippen molar-refractivity contribution >= 4 is 5.57 Å². The van der Waals surface area contributed by atoms with Gasteiger partial charge in [-0.15, -0.1) is 0 Å². The fraction of sp³-hybridized carbons (Fsp3) is 0.125. The van der Waals surface area contributed by atoms with Crippen LogP contribution >= 0.6 is 0 Å². The van der Waals surface area contributed by atoms with Crippen LogP contribution in [0.1, 0.15) is 22.3 Å². The zero-order valence-electron chi connectivity index (χ0n) is 9.61. The van der Waals surface area contributed by atoms with Gasteiger partial charge in [0, 0.05) is 0 Å². The summed E-state index contributed by atoms with van der Waals surface area (Å²) in [5, 5.41) is 9.55. The lowest BCUT2D eigenvalue weighted by atomic mass is 9.95. The molecule has 84 valence electrons. The quantitative estimate of drug-likeness (QED) is 0.722. The average Bonchev–Trinajstić information content (AvgIpc) is 2.48. The van der Waals surface area contributed by atoms with Gasteiger partial charge in [0.25, 0.3) is 0 Å². The number of phenolic OH excluding ortho intramolecular Hbond substituents is 1. The van der Waals surface area contributed by atoms with Crippen LogP contribution in [0.15, 0.2) is 49.0 Å². The summed E-state index contributed by atoms with van der Waals surface area (Å²) in [7, 11) is 0. The molecule has 3 rings (SSSR count). The molecule has 1 aliphatic carbocycles. The largest absolute Gasteiger partial charge is 0.508 e. The Kier molecular flexibility index (Phi) is 2.25. The predicted molar refractivity (Wildman–Crippen MR) is 70.1 cm³/mol. The molecule has 0 spiro atoms. The van der Waals surface area contributed by atoms with Gasteiger partial charge in [-0.05, 0) is 52.8 Å². The SMILES string of the molecule is C=C1c2ccccc2CCc2cc(O)ccc21. The predicted octanol–water partition coefficient (Wildman–Crippen LogP) is 3.55. The van der Waals surface area contributed by atoms with Crippen molar-refractivity contribution in [1.82, 2.24) is 0 Å². The van der Waals surface area contributed by atoms with Crippen LogP contribution in [-0.2, 0) is 12.8 Å². The molecule has 1 nitrogen and oxygen atoms in total. The van der Waals surface area contributed by atoms with Gasteiger partial charge in [-0.25, -0.2) is 0 Å². The maximum atomic E-state index is 9.55. The Morgan fingerprint density at radius 1 is 0.882 bits per heavy atom. The molecule has 0 saturated carbocycles. The van der Waals surface area contributed by atoms with Crippen LogP contribution in [0.4, 0.5) is 0 Å². The first-order valence-corrected chi connectivity index (χ1v) is 5.85. The van der Waals surface area contributed by atoms with E-state index >= 15 is 0 Å². The molecule has 0 radical (unpaired) electrons. The third kappa shape index (κ3) is 1.64. The maximum Gasteiger partial charge on any atom is 0.115 e. The Morgan fingerprint density at radius 2 is 1.59 bits per heavy atom. The van der Waals surface area contributed by atoms with Gasteiger partial charge in [0.15, 0.2) is 0 Å². The summed E-state index contributed by atoms with van der Waals surface area (Å²) < 4.78 is 0. The van der Waals surface area contributed by atoms with E-state index in [0.717, 1.165) is 24.0 Å². The molecule has 0 aliphatic heterocycles. The van der Waals surface area contributed by atoms with Crippen LogP contribution in [0.5, 0.6) is 5.75 Å². The molecule has 2 aromatic carbocycles. The normalized spacial score (nSPS) is 13.8. The van der Waals surface area contributed by atoms with Crippen LogP contribution in [0.3, 0.4) is 0 Å². The van der Waals surface area contributed by atoms with Gasteiger partial charge in [-0.3, -0.25) is 0 Å². The van der Waals surface area contributed by atoms with Crippen LogP contribution in [0.25, 0.3) is 5.57 Å². The summed E-state index contributed by atoms with van der Waals surface area (Å²) in [5.74, 6) is 0.336. The fourth-order valence-corrected chi connectivity index (χ4v) is 2.53. The first-order chi connectivity index (χ1) is 8.25. The number of hydrogen-bond donors (Lipinski definition) is 1. The molecule has 0 amide bonds. The van der Waals surface area contributed by atoms with E-state index in [2.05, 4.69) is 30.8 Å². The van der Waals surface area contributed by atoms with Crippen molar-refractivity contribution in [3.05, 3.63) is 71.3 Å². The van der Waals surface area contributed by atoms with Gasteiger partial charge in [0.1, 0.15) is 5.75 Å². The Labute approximate surface area is 101 Å². The molecule has 0 saturated heterocycles. The molecule has 17 heavy (non-hydrogen) atoms. The molecule has 1 N–H and O–H groups in total. The Hall–Kier alpha value is -2.02. The highest BCUT2D eigenvalue weighted by Gasteiger charge is 2.16. The molecule has 1 heteroatoms. The second-order valence-corrected chi connectivity index (χ2v) is 4.48. The van der Waals surface area contributed by atoms with Crippen LogP contribution < -0.4 is 0 Å². The van der Waals surface area contributed by atoms with Crippen LogP contribution in [0.2, 0.25) is 0 Å². The third-order valence-corrected chi connectivity index (χ3v) is 3.42. The van der Waals surface area contributed by atoms with Crippen LogP contribution in [0, 0.1) is 0 Å². The number of benzene rings is 2. The number of fused-ring (bicyclic) bond motifs is 2. The van der Waals surface area contributed by atoms with Gasteiger partial charge >= 0.3 is 0 Å². The minimum Gasteiger partial charge on any atom is -0.508 e. The lowest BCUT2D eigenvalue weighted by Crippen LogP contribution is -1.90. The van der Waals surface area contributed by atoms with Crippen LogP contribution in [-0.4, -0.2) is 5.11 Å². The fourth-order valence-electron chi connectivity index (χ4n) is 2.53. The number of aryl methyl sites for hydroxylation is 2. The van der Waals surface area contributed by atoms with Gasteiger partial charge in [0.2, 0.25) is 0 Å². The Bertz CT molecular complexity index is 596. The van der Waals surface area contributed by atoms with E-state index in [-0.39, 0.29) is 0 Å². The monoisotopic (exact) mass is 222 g/mol. The van der Waals surface area contributed by atoms with Gasteiger partial charge in [-0.1, -0.05) is 36.9 Å². The third-order valence-electron chi connectivity index (χ3n) is 3.42. The lowest BCUT2D eigenvalue weighted by molar-refractivity contribution is 0.474. The van der Waals surface area contributed by atoms with Crippen molar-refractivity contribution in [3.63, 3.8) is 0 Å². The van der Waals surface area contributed by atoms with Crippen molar-refractivity contribution < 1.29 is 5.11 Å². The number of rotatable bonds is 0. The van der Waals surface area contributed by atoms with E-state index in [1.54, 1.807) is 6.07 Å². The van der Waals surface area contributed by atoms with E-state index in [4.69, 9.17) is 0 Å². The minimum absolute atomic E-state index is 0.336. The highest BCUT2D eigenvalue weighted by molar-refractivity contribution is 5.82. The molecular formula is C16H14O. The molecule has 0 fully saturated rings. The molecule has 0 aromatic heterocycles. The summed E-state index contributed by atoms with van der Waals surface area (Å²) in [6.45, 7) is 4.20. The average molecular weight is 222 g/mol. The van der Waals surface area contributed by atoms with E-state index < -0.39 is 0 Å². The number of phenols is 1. The summed E-state index contributed by atoms with van der Waals surface area (Å²) in [6, 6.07) is 14.0. The van der Waals surface area contributed by atoms with Crippen molar-refractivity contribution in [3.8, 4) is 5.75 Å². The van der Waals surface area contributed by atoms with E-state index in [0.29, 0.717) is 5.75 Å². The lowest BCUT2D eigenvalue weighted by Gasteiger charge is -2.09. The second-order valence-electron chi connectivity index (χ2n) is 4.48. The maximum absolute atomic E-state index is 9.55. The van der Waals surface area contributed by atoms with Crippen molar-refractivity contribution in [1.29, 1.82) is 0 Å². The Balaban J connectivity index is 2.20. The zero-order valence-corrected chi connectivity index (χ0v) is 9.61. The summed E-state index contributed by atoms with van der Waals surface area (Å²) >= 11 is 0. The van der Waals surface area contributed by atoms with E-state index in [1.165, 1.54) is 16.7 Å². The highest BCUT2D eigenvalue weighted by Crippen LogP contribution is 2.33. The first kappa shape index (κ1) is 10.2. The summed E-state index contributed by atoms with van der Waals surface area (Å²) in [6.07, 6.45) is 1.96. The molecule has 0 bridgehead atoms. The van der Waals surface area contributed by atoms with Crippen molar-refractivity contribution in [2.75, 3.05) is 0 Å². The second kappa shape index (κ2) is 3.77. The smallest absolute Gasteiger partial charge is 0.115 e. The molecule has 0 atom stereocenters. The minimum atomic E-state index is 0.336. The molecule has 0 heterocycles. The molecule has 2 aromatic rings. The molecular weight excluding hydrogens is 208 g/mol. The van der Waals surface area contributed by atoms with Gasteiger partial charge < -0.3 is 5.11 Å². The molecule has 1 aliphatic rings. The van der Waals surface area contributed by atoms with E-state index in [9.17, 15) is 5.11 Å². The number of aromatic hydroxyl groups is 1. The number of hydrogen-bond acceptors (Lipinski definition) is 1. The zero-order chi connectivity index (χ0) is 11.8. The Morgan fingerprint density at radius 3 is 2.47 bits per heavy atom. The van der Waals surface area contributed by atoms with Gasteiger partial charge in [0.05, 0.1) is 0 Å². The standard InChI is InChI=1S/C16H14O/c1-11-15-5-3-2-4-12(15)6-7-13-10-14(17)8-9-16(11)13/h2-5,8-10,17H,1,6-7H2. The summed E-state index contributed by atoms with van der Waals surface area (Å²) in [4.78, 5) is 0. The highest BCUT2D eigenvalue weighted by atomic mass is 16.3. The van der Waals surface area contributed by atoms with Crippen molar-refractivity contribution in [2.24, 2.45) is 0 Å². The van der Waals surface area contributed by atoms with E-state index in [1.807, 2.05) is 12.1 Å². The topological polar surface area (TPSA) is 20.2 Å². The molecule has 0 unspecified atom stereocenters. The summed E-state index contributed by atoms with van der Waals surface area (Å²) in [5.41, 5.74) is 5.98. The van der Waals surface area contributed by atoms with Gasteiger partial charge in [-0.2, -0.15) is 0 Å². The first-order valence-electron chi connectivity index (χ1n) is 5.85. The van der Waals surface area contributed by atoms with Crippen molar-refractivity contribution in [2.45, 2.75) is 12.8 Å².